The van der Waals surface area contributed by atoms with Crippen molar-refractivity contribution >= 4 is 5.91 Å². The molecule has 0 radical (unpaired) electrons. The summed E-state index contributed by atoms with van der Waals surface area (Å²) in [5, 5.41) is 23.3. The van der Waals surface area contributed by atoms with Crippen LogP contribution in [0.4, 0.5) is 0 Å². The molecule has 1 aliphatic carbocycles. The van der Waals surface area contributed by atoms with E-state index in [0.29, 0.717) is 12.1 Å². The van der Waals surface area contributed by atoms with Gasteiger partial charge in [0.25, 0.3) is 0 Å². The minimum absolute atomic E-state index is 0.0307. The highest BCUT2D eigenvalue weighted by atomic mass is 16.3. The summed E-state index contributed by atoms with van der Waals surface area (Å²) in [5.74, 6) is -0.112. The summed E-state index contributed by atoms with van der Waals surface area (Å²) in [6, 6.07) is 16.7. The summed E-state index contributed by atoms with van der Waals surface area (Å²) in [4.78, 5) is 12.7. The highest BCUT2D eigenvalue weighted by Crippen LogP contribution is 2.47. The molecule has 3 rings (SSSR count). The number of aromatic hydroxyl groups is 1. The lowest BCUT2D eigenvalue weighted by Crippen LogP contribution is -2.43. The number of phenolic OH excluding ortho intramolecular Hbond substituents is 1. The lowest BCUT2D eigenvalue weighted by Gasteiger charge is -2.30. The maximum absolute atomic E-state index is 12.7. The van der Waals surface area contributed by atoms with Gasteiger partial charge in [0.15, 0.2) is 0 Å². The van der Waals surface area contributed by atoms with Gasteiger partial charge in [-0.05, 0) is 49.9 Å². The Kier molecular flexibility index (Phi) is 4.56. The number of nitrogens with one attached hydrogen (secondary N) is 1. The van der Waals surface area contributed by atoms with Crippen molar-refractivity contribution in [3.8, 4) is 5.75 Å². The molecule has 1 saturated carbocycles. The minimum atomic E-state index is -0.999. The third kappa shape index (κ3) is 3.54. The van der Waals surface area contributed by atoms with Crippen molar-refractivity contribution in [2.45, 2.75) is 38.2 Å². The van der Waals surface area contributed by atoms with Crippen molar-refractivity contribution < 1.29 is 15.0 Å². The first-order valence-corrected chi connectivity index (χ1v) is 8.66. The summed E-state index contributed by atoms with van der Waals surface area (Å²) < 4.78 is 0. The molecule has 1 aliphatic rings. The Morgan fingerprint density at radius 3 is 2.44 bits per heavy atom. The zero-order valence-electron chi connectivity index (χ0n) is 14.7. The number of carbonyl (C=O) groups excluding carboxylic acids is 1. The Labute approximate surface area is 148 Å². The van der Waals surface area contributed by atoms with Crippen LogP contribution < -0.4 is 5.32 Å². The molecular weight excluding hydrogens is 314 g/mol. The zero-order valence-corrected chi connectivity index (χ0v) is 14.7. The Bertz CT molecular complexity index is 751. The van der Waals surface area contributed by atoms with Crippen molar-refractivity contribution in [2.24, 2.45) is 5.41 Å². The number of aliphatic hydroxyl groups is 1. The maximum Gasteiger partial charge on any atom is 0.228 e. The second-order valence-corrected chi connectivity index (χ2v) is 7.55. The number of amides is 1. The van der Waals surface area contributed by atoms with E-state index in [9.17, 15) is 15.0 Å². The SMILES string of the molecule is CC(C)(C(=O)NCC1(c2ccccc2)CC1)C(O)c1cccc(O)c1. The molecule has 0 saturated heterocycles. The fourth-order valence-corrected chi connectivity index (χ4v) is 3.22. The predicted octanol–water partition coefficient (Wildman–Crippen LogP) is 3.30. The average Bonchev–Trinajstić information content (AvgIpc) is 3.41. The molecule has 1 amide bonds. The van der Waals surface area contributed by atoms with Crippen molar-refractivity contribution in [3.05, 3.63) is 65.7 Å². The Morgan fingerprint density at radius 1 is 1.16 bits per heavy atom. The molecular formula is C21H25NO3. The van der Waals surface area contributed by atoms with E-state index in [1.165, 1.54) is 11.6 Å². The average molecular weight is 339 g/mol. The molecule has 2 aromatic carbocycles. The van der Waals surface area contributed by atoms with Crippen LogP contribution in [0.3, 0.4) is 0 Å². The Morgan fingerprint density at radius 2 is 1.84 bits per heavy atom. The van der Waals surface area contributed by atoms with Gasteiger partial charge in [-0.2, -0.15) is 0 Å². The van der Waals surface area contributed by atoms with Gasteiger partial charge in [-0.3, -0.25) is 4.79 Å². The normalized spacial score (nSPS) is 16.9. The molecule has 4 heteroatoms. The number of carbonyl (C=O) groups is 1. The first-order chi connectivity index (χ1) is 11.8. The first kappa shape index (κ1) is 17.5. The van der Waals surface area contributed by atoms with E-state index in [1.54, 1.807) is 32.0 Å². The van der Waals surface area contributed by atoms with Crippen LogP contribution in [-0.2, 0) is 10.2 Å². The van der Waals surface area contributed by atoms with Crippen LogP contribution in [0.1, 0.15) is 43.9 Å². The monoisotopic (exact) mass is 339 g/mol. The molecule has 2 aromatic rings. The van der Waals surface area contributed by atoms with Gasteiger partial charge in [-0.25, -0.2) is 0 Å². The molecule has 0 aliphatic heterocycles. The van der Waals surface area contributed by atoms with E-state index >= 15 is 0 Å². The van der Waals surface area contributed by atoms with Crippen LogP contribution in [0.25, 0.3) is 0 Å². The first-order valence-electron chi connectivity index (χ1n) is 8.66. The molecule has 0 bridgehead atoms. The topological polar surface area (TPSA) is 69.6 Å². The maximum atomic E-state index is 12.7. The van der Waals surface area contributed by atoms with Crippen LogP contribution in [0.15, 0.2) is 54.6 Å². The highest BCUT2D eigenvalue weighted by Gasteiger charge is 2.45. The number of benzene rings is 2. The Balaban J connectivity index is 1.68. The fraction of sp³-hybridized carbons (Fsp3) is 0.381. The van der Waals surface area contributed by atoms with Gasteiger partial charge in [-0.15, -0.1) is 0 Å². The molecule has 132 valence electrons. The van der Waals surface area contributed by atoms with Crippen molar-refractivity contribution in [3.63, 3.8) is 0 Å². The van der Waals surface area contributed by atoms with E-state index in [-0.39, 0.29) is 17.1 Å². The van der Waals surface area contributed by atoms with Crippen molar-refractivity contribution in [2.75, 3.05) is 6.54 Å². The second kappa shape index (κ2) is 6.52. The predicted molar refractivity (Wildman–Crippen MR) is 97.2 cm³/mol. The number of aliphatic hydroxyl groups excluding tert-OH is 1. The van der Waals surface area contributed by atoms with E-state index in [2.05, 4.69) is 17.4 Å². The van der Waals surface area contributed by atoms with Gasteiger partial charge < -0.3 is 15.5 Å². The van der Waals surface area contributed by atoms with Gasteiger partial charge >= 0.3 is 0 Å². The summed E-state index contributed by atoms with van der Waals surface area (Å²) >= 11 is 0. The van der Waals surface area contributed by atoms with Gasteiger partial charge in [0.2, 0.25) is 5.91 Å². The number of hydrogen-bond acceptors (Lipinski definition) is 3. The molecule has 3 N–H and O–H groups in total. The molecule has 4 nitrogen and oxygen atoms in total. The highest BCUT2D eigenvalue weighted by molar-refractivity contribution is 5.83. The van der Waals surface area contributed by atoms with Gasteiger partial charge in [0, 0.05) is 12.0 Å². The number of hydrogen-bond donors (Lipinski definition) is 3. The van der Waals surface area contributed by atoms with Crippen LogP contribution >= 0.6 is 0 Å². The minimum Gasteiger partial charge on any atom is -0.508 e. The number of rotatable bonds is 6. The lowest BCUT2D eigenvalue weighted by atomic mass is 9.81. The van der Waals surface area contributed by atoms with Gasteiger partial charge in [0.05, 0.1) is 11.5 Å². The van der Waals surface area contributed by atoms with Crippen molar-refractivity contribution in [1.29, 1.82) is 0 Å². The smallest absolute Gasteiger partial charge is 0.228 e. The van der Waals surface area contributed by atoms with E-state index in [1.807, 2.05) is 18.2 Å². The molecule has 1 atom stereocenters. The van der Waals surface area contributed by atoms with Gasteiger partial charge in [0.1, 0.15) is 5.75 Å². The summed E-state index contributed by atoms with van der Waals surface area (Å²) in [7, 11) is 0. The van der Waals surface area contributed by atoms with Crippen LogP contribution in [-0.4, -0.2) is 22.7 Å². The third-order valence-electron chi connectivity index (χ3n) is 5.28. The third-order valence-corrected chi connectivity index (χ3v) is 5.28. The van der Waals surface area contributed by atoms with Crippen LogP contribution in [0.5, 0.6) is 5.75 Å². The summed E-state index contributed by atoms with van der Waals surface area (Å²) in [6.45, 7) is 4.02. The summed E-state index contributed by atoms with van der Waals surface area (Å²) in [6.07, 6.45) is 1.13. The molecule has 25 heavy (non-hydrogen) atoms. The van der Waals surface area contributed by atoms with Gasteiger partial charge in [-0.1, -0.05) is 42.5 Å². The Hall–Kier alpha value is -2.33. The summed E-state index contributed by atoms with van der Waals surface area (Å²) in [5.41, 5.74) is 0.815. The molecule has 0 heterocycles. The van der Waals surface area contributed by atoms with Crippen LogP contribution in [0.2, 0.25) is 0 Å². The lowest BCUT2D eigenvalue weighted by molar-refractivity contribution is -0.135. The van der Waals surface area contributed by atoms with E-state index in [0.717, 1.165) is 12.8 Å². The molecule has 1 unspecified atom stereocenters. The molecule has 0 aromatic heterocycles. The van der Waals surface area contributed by atoms with Crippen molar-refractivity contribution in [1.82, 2.24) is 5.32 Å². The van der Waals surface area contributed by atoms with E-state index < -0.39 is 11.5 Å². The zero-order chi connectivity index (χ0) is 18.1. The number of phenols is 1. The quantitative estimate of drug-likeness (QED) is 0.756. The largest absolute Gasteiger partial charge is 0.508 e. The fourth-order valence-electron chi connectivity index (χ4n) is 3.22. The standard InChI is InChI=1S/C21H25NO3/c1-20(2,18(24)15-7-6-10-17(23)13-15)19(25)22-14-21(11-12-21)16-8-4-3-5-9-16/h3-10,13,18,23-24H,11-12,14H2,1-2H3,(H,22,25). The molecule has 1 fully saturated rings. The van der Waals surface area contributed by atoms with Crippen LogP contribution in [0, 0.1) is 5.41 Å². The van der Waals surface area contributed by atoms with E-state index in [4.69, 9.17) is 0 Å². The second-order valence-electron chi connectivity index (χ2n) is 7.55. The molecule has 0 spiro atoms.